The second-order valence-electron chi connectivity index (χ2n) is 3.43. The average molecular weight is 255 g/mol. The molecule has 0 saturated carbocycles. The van der Waals surface area contributed by atoms with E-state index in [1.165, 1.54) is 0 Å². The van der Waals surface area contributed by atoms with Crippen LogP contribution in [0, 0.1) is 0 Å². The van der Waals surface area contributed by atoms with Gasteiger partial charge in [0.15, 0.2) is 0 Å². The summed E-state index contributed by atoms with van der Waals surface area (Å²) in [5.41, 5.74) is 0.917. The van der Waals surface area contributed by atoms with Gasteiger partial charge in [0, 0.05) is 24.6 Å². The molecule has 0 aliphatic rings. The molecule has 17 heavy (non-hydrogen) atoms. The van der Waals surface area contributed by atoms with E-state index in [1.54, 1.807) is 20.3 Å². The van der Waals surface area contributed by atoms with Crippen molar-refractivity contribution < 1.29 is 14.3 Å². The minimum absolute atomic E-state index is 0.0159. The van der Waals surface area contributed by atoms with Crippen molar-refractivity contribution in [2.24, 2.45) is 0 Å². The fraction of sp³-hybridized carbons (Fsp3) is 0.417. The van der Waals surface area contributed by atoms with Gasteiger partial charge in [0.25, 0.3) is 0 Å². The number of hydrogen-bond acceptors (Lipinski definition) is 4. The molecule has 0 unspecified atom stereocenters. The van der Waals surface area contributed by atoms with Crippen molar-refractivity contribution in [2.75, 3.05) is 20.0 Å². The normalized spacial score (nSPS) is 9.82. The predicted octanol–water partition coefficient (Wildman–Crippen LogP) is 1.64. The Morgan fingerprint density at radius 1 is 1.35 bits per heavy atom. The van der Waals surface area contributed by atoms with Crippen LogP contribution in [0.25, 0.3) is 0 Å². The first-order valence-corrected chi connectivity index (χ1v) is 5.93. The molecule has 0 bridgehead atoms. The highest BCUT2D eigenvalue weighted by atomic mass is 32.1. The van der Waals surface area contributed by atoms with Gasteiger partial charge in [-0.3, -0.25) is 4.79 Å². The SMILES string of the molecule is COc1ccc(CNC(=O)CCS)c(OC)c1. The summed E-state index contributed by atoms with van der Waals surface area (Å²) in [6, 6.07) is 5.50. The van der Waals surface area contributed by atoms with Crippen molar-refractivity contribution in [1.29, 1.82) is 0 Å². The summed E-state index contributed by atoms with van der Waals surface area (Å²) >= 11 is 4.00. The molecule has 0 spiro atoms. The lowest BCUT2D eigenvalue weighted by Crippen LogP contribution is -2.23. The first kappa shape index (κ1) is 13.7. The summed E-state index contributed by atoms with van der Waals surface area (Å²) in [6.45, 7) is 0.444. The highest BCUT2D eigenvalue weighted by Crippen LogP contribution is 2.24. The van der Waals surface area contributed by atoms with Crippen LogP contribution in [-0.4, -0.2) is 25.9 Å². The van der Waals surface area contributed by atoms with Crippen LogP contribution in [0.15, 0.2) is 18.2 Å². The van der Waals surface area contributed by atoms with E-state index >= 15 is 0 Å². The van der Waals surface area contributed by atoms with Crippen LogP contribution in [0.5, 0.6) is 11.5 Å². The van der Waals surface area contributed by atoms with Crippen LogP contribution in [0.3, 0.4) is 0 Å². The molecule has 0 aromatic heterocycles. The van der Waals surface area contributed by atoms with Crippen LogP contribution in [-0.2, 0) is 11.3 Å². The summed E-state index contributed by atoms with van der Waals surface area (Å²) in [5.74, 6) is 1.96. The van der Waals surface area contributed by atoms with Crippen molar-refractivity contribution in [1.82, 2.24) is 5.32 Å². The molecular formula is C12H17NO3S. The molecule has 0 saturated heterocycles. The number of nitrogens with one attached hydrogen (secondary N) is 1. The first-order valence-electron chi connectivity index (χ1n) is 5.29. The minimum atomic E-state index is -0.0159. The lowest BCUT2D eigenvalue weighted by Gasteiger charge is -2.11. The number of methoxy groups -OCH3 is 2. The Kier molecular flexibility index (Phi) is 5.69. The lowest BCUT2D eigenvalue weighted by atomic mass is 10.2. The Morgan fingerprint density at radius 2 is 2.12 bits per heavy atom. The van der Waals surface area contributed by atoms with E-state index in [0.29, 0.717) is 24.5 Å². The molecule has 94 valence electrons. The summed E-state index contributed by atoms with van der Waals surface area (Å²) in [5, 5.41) is 2.80. The number of rotatable bonds is 6. The second-order valence-corrected chi connectivity index (χ2v) is 3.88. The summed E-state index contributed by atoms with van der Waals surface area (Å²) in [6.07, 6.45) is 0.418. The molecule has 0 atom stereocenters. The zero-order valence-electron chi connectivity index (χ0n) is 10.0. The van der Waals surface area contributed by atoms with Gasteiger partial charge in [-0.1, -0.05) is 0 Å². The van der Waals surface area contributed by atoms with Crippen molar-refractivity contribution in [2.45, 2.75) is 13.0 Å². The number of carbonyl (C=O) groups is 1. The fourth-order valence-electron chi connectivity index (χ4n) is 1.38. The number of carbonyl (C=O) groups excluding carboxylic acids is 1. The van der Waals surface area contributed by atoms with E-state index in [4.69, 9.17) is 9.47 Å². The fourth-order valence-corrected chi connectivity index (χ4v) is 1.58. The Bertz CT molecular complexity index is 382. The standard InChI is InChI=1S/C12H17NO3S/c1-15-10-4-3-9(11(7-10)16-2)8-13-12(14)5-6-17/h3-4,7,17H,5-6,8H2,1-2H3,(H,13,14). The third-order valence-electron chi connectivity index (χ3n) is 2.31. The zero-order chi connectivity index (χ0) is 12.7. The Morgan fingerprint density at radius 3 is 2.71 bits per heavy atom. The molecule has 1 aromatic rings. The molecule has 0 heterocycles. The van der Waals surface area contributed by atoms with E-state index in [1.807, 2.05) is 12.1 Å². The van der Waals surface area contributed by atoms with E-state index in [-0.39, 0.29) is 5.91 Å². The molecule has 1 amide bonds. The third-order valence-corrected chi connectivity index (χ3v) is 2.53. The van der Waals surface area contributed by atoms with E-state index in [2.05, 4.69) is 17.9 Å². The smallest absolute Gasteiger partial charge is 0.221 e. The van der Waals surface area contributed by atoms with E-state index in [9.17, 15) is 4.79 Å². The number of benzene rings is 1. The van der Waals surface area contributed by atoms with E-state index in [0.717, 1.165) is 11.3 Å². The minimum Gasteiger partial charge on any atom is -0.497 e. The Balaban J connectivity index is 2.67. The van der Waals surface area contributed by atoms with Crippen molar-refractivity contribution in [3.8, 4) is 11.5 Å². The Labute approximate surface area is 107 Å². The summed E-state index contributed by atoms with van der Waals surface area (Å²) in [7, 11) is 3.19. The lowest BCUT2D eigenvalue weighted by molar-refractivity contribution is -0.120. The van der Waals surface area contributed by atoms with Crippen LogP contribution < -0.4 is 14.8 Å². The van der Waals surface area contributed by atoms with Crippen molar-refractivity contribution in [3.63, 3.8) is 0 Å². The van der Waals surface area contributed by atoms with Gasteiger partial charge in [0.1, 0.15) is 11.5 Å². The molecular weight excluding hydrogens is 238 g/mol. The maximum absolute atomic E-state index is 11.3. The largest absolute Gasteiger partial charge is 0.497 e. The number of hydrogen-bond donors (Lipinski definition) is 2. The molecule has 4 nitrogen and oxygen atoms in total. The molecule has 5 heteroatoms. The van der Waals surface area contributed by atoms with Gasteiger partial charge in [-0.2, -0.15) is 12.6 Å². The predicted molar refractivity (Wildman–Crippen MR) is 69.9 cm³/mol. The molecule has 1 N–H and O–H groups in total. The van der Waals surface area contributed by atoms with Gasteiger partial charge >= 0.3 is 0 Å². The maximum atomic E-state index is 11.3. The monoisotopic (exact) mass is 255 g/mol. The third kappa shape index (κ3) is 4.19. The summed E-state index contributed by atoms with van der Waals surface area (Å²) < 4.78 is 10.3. The number of amides is 1. The molecule has 1 aromatic carbocycles. The van der Waals surface area contributed by atoms with Crippen LogP contribution in [0.1, 0.15) is 12.0 Å². The average Bonchev–Trinajstić information content (AvgIpc) is 2.36. The quantitative estimate of drug-likeness (QED) is 0.760. The number of thiol groups is 1. The van der Waals surface area contributed by atoms with Gasteiger partial charge in [0.2, 0.25) is 5.91 Å². The number of ether oxygens (including phenoxy) is 2. The van der Waals surface area contributed by atoms with Crippen LogP contribution in [0.2, 0.25) is 0 Å². The van der Waals surface area contributed by atoms with Crippen molar-refractivity contribution in [3.05, 3.63) is 23.8 Å². The van der Waals surface area contributed by atoms with Gasteiger partial charge < -0.3 is 14.8 Å². The summed E-state index contributed by atoms with van der Waals surface area (Å²) in [4.78, 5) is 11.3. The molecule has 0 aliphatic carbocycles. The maximum Gasteiger partial charge on any atom is 0.221 e. The van der Waals surface area contributed by atoms with Gasteiger partial charge in [0.05, 0.1) is 14.2 Å². The van der Waals surface area contributed by atoms with Gasteiger partial charge in [-0.15, -0.1) is 0 Å². The Hall–Kier alpha value is -1.36. The van der Waals surface area contributed by atoms with Crippen LogP contribution in [0.4, 0.5) is 0 Å². The second kappa shape index (κ2) is 7.06. The molecule has 0 radical (unpaired) electrons. The zero-order valence-corrected chi connectivity index (χ0v) is 10.9. The molecule has 0 aliphatic heterocycles. The molecule has 0 fully saturated rings. The highest BCUT2D eigenvalue weighted by molar-refractivity contribution is 7.80. The van der Waals surface area contributed by atoms with Gasteiger partial charge in [-0.05, 0) is 17.9 Å². The van der Waals surface area contributed by atoms with Crippen LogP contribution >= 0.6 is 12.6 Å². The highest BCUT2D eigenvalue weighted by Gasteiger charge is 2.06. The molecule has 1 rings (SSSR count). The van der Waals surface area contributed by atoms with Crippen molar-refractivity contribution >= 4 is 18.5 Å². The van der Waals surface area contributed by atoms with Gasteiger partial charge in [-0.25, -0.2) is 0 Å². The van der Waals surface area contributed by atoms with E-state index < -0.39 is 0 Å². The topological polar surface area (TPSA) is 47.6 Å². The first-order chi connectivity index (χ1) is 8.21.